The summed E-state index contributed by atoms with van der Waals surface area (Å²) in [6, 6.07) is -6.76. The second kappa shape index (κ2) is 37.6. The summed E-state index contributed by atoms with van der Waals surface area (Å²) in [6.45, 7) is 23.3. The van der Waals surface area contributed by atoms with Crippen LogP contribution in [0.1, 0.15) is 229 Å². The first-order valence-corrected chi connectivity index (χ1v) is 42.0. The van der Waals surface area contributed by atoms with Crippen molar-refractivity contribution in [2.45, 2.75) is 199 Å². The summed E-state index contributed by atoms with van der Waals surface area (Å²) in [5, 5.41) is 87.4. The van der Waals surface area contributed by atoms with Gasteiger partial charge in [-0.15, -0.1) is 57.1 Å². The number of cyclic esters (lactones) is 1. The maximum Gasteiger partial charge on any atom is 0.357 e. The summed E-state index contributed by atoms with van der Waals surface area (Å²) >= 11 is 4.55. The number of aromatic nitrogens is 5. The number of ketones is 3. The number of aliphatic imine (C=N–C) groups is 2. The molecule has 10 rings (SSSR count). The van der Waals surface area contributed by atoms with E-state index in [-0.39, 0.29) is 101 Å². The van der Waals surface area contributed by atoms with Gasteiger partial charge in [-0.2, -0.15) is 0 Å². The third-order valence-corrected chi connectivity index (χ3v) is 25.6. The number of aliphatic hydroxyl groups excluding tert-OH is 4. The Morgan fingerprint density at radius 2 is 1.49 bits per heavy atom. The summed E-state index contributed by atoms with van der Waals surface area (Å²) in [5.41, 5.74) is -1.32. The van der Waals surface area contributed by atoms with Gasteiger partial charge in [-0.25, -0.2) is 29.7 Å². The van der Waals surface area contributed by atoms with Crippen LogP contribution >= 0.6 is 57.1 Å². The molecule has 1 aliphatic carbocycles. The van der Waals surface area contributed by atoms with E-state index >= 15 is 14.4 Å². The van der Waals surface area contributed by atoms with E-state index in [1.807, 2.05) is 6.92 Å². The number of ether oxygens (including phenoxy) is 1. The van der Waals surface area contributed by atoms with Crippen molar-refractivity contribution in [1.29, 1.82) is 0 Å². The van der Waals surface area contributed by atoms with Gasteiger partial charge in [0, 0.05) is 83.0 Å². The van der Waals surface area contributed by atoms with Gasteiger partial charge in [0.1, 0.15) is 90.5 Å². The first-order valence-electron chi connectivity index (χ1n) is 37.5. The summed E-state index contributed by atoms with van der Waals surface area (Å²) in [7, 11) is 0. The van der Waals surface area contributed by atoms with Crippen molar-refractivity contribution < 1.29 is 92.6 Å². The Bertz CT molecular complexity index is 5050. The number of thioether (sulfide) groups is 1. The molecule has 0 spiro atoms. The van der Waals surface area contributed by atoms with Crippen LogP contribution in [0.4, 0.5) is 0 Å². The molecule has 17 atom stereocenters. The van der Waals surface area contributed by atoms with E-state index in [0.717, 1.165) is 70.2 Å². The standard InChI is InChI=1S/C77H91N17O19S5/c1-14-30(3)56-55(101)21-31(4)63(104)80-33(6)53(99)20-32(5)64(105)94-77-19-18-45(72-90-50(28-116-72)66(107)81-34(7)65(106)86-47(62(78)103)24-79-39(12)98)84-61(77)49-26-117-73(88-49)58(37(10)113-74(111)46-22-41(35(8)95)40-16-17-44(82-56)60(102)59(40)83-46)93-67(108)51-27-114-70(89-51)42(76(13,112)38(11)97)23-54(100)48-25-115-71(87-48)43(15-2)85-69(110)57(36(9)96)92-68(109)52-29-118-75(77)91-52/h15-17,22,24,26-32,35-38,42,44,48,56-58,60-61,82,95-97,102,112H,6-7,14,18-21,23,25H2,1-5,8-13H3,(H2,78,103)(H,79,98)(H,80,104)(H,81,107)(H,85,110)(H,86,106)(H,92,109)(H,93,108)(H,94,105)/b43-15-,47-24?. The number of pyridine rings is 1. The minimum absolute atomic E-state index is 0.0124. The monoisotopic (exact) mass is 1720 g/mol. The number of hydrogen-bond acceptors (Lipinski definition) is 32. The molecule has 0 fully saturated rings. The molecular weight excluding hydrogens is 1630 g/mol. The minimum atomic E-state index is -2.10. The average molecular weight is 1720 g/mol. The largest absolute Gasteiger partial charge is 0.455 e. The molecular formula is C77H91N17O19S5. The van der Waals surface area contributed by atoms with Crippen molar-refractivity contribution in [1.82, 2.24) is 72.8 Å². The highest BCUT2D eigenvalue weighted by Gasteiger charge is 2.51. The molecule has 9 heterocycles. The number of primary amides is 1. The Morgan fingerprint density at radius 1 is 0.805 bits per heavy atom. The van der Waals surface area contributed by atoms with Gasteiger partial charge in [0.25, 0.3) is 29.5 Å². The molecule has 4 aliphatic heterocycles. The second-order valence-electron chi connectivity index (χ2n) is 29.5. The van der Waals surface area contributed by atoms with Crippen LogP contribution < -0.4 is 53.6 Å². The predicted octanol–water partition coefficient (Wildman–Crippen LogP) is 3.30. The number of thiazole rings is 4. The van der Waals surface area contributed by atoms with Crippen LogP contribution in [0.3, 0.4) is 0 Å². The Morgan fingerprint density at radius 3 is 2.16 bits per heavy atom. The molecule has 16 N–H and O–H groups in total. The third kappa shape index (κ3) is 20.1. The summed E-state index contributed by atoms with van der Waals surface area (Å²) in [5.74, 6) is -15.5. The SMILES string of the molecule is C=C1NC(=O)C(C)CC(=O)C(C(C)CC)NC2C=Cc3c(C(C)O)cc(nc3C2O)C(=O)OC(C)C2NC(=O)c3csc(n3)C(C(C)(O)C(C)O)CC(=O)C3CSC(=N3)/C(=C/C)NC(=O)C(C(C)O)NC(=O)c3csc(n3)C3(CCC(c4nc(C(=O)NC(=C)C(=O)NC(=CNC(C)=O)C(N)=O)cs4)=NC3c3csc2n3)NC(=O)C(C)CC1=O. The highest BCUT2D eigenvalue weighted by atomic mass is 32.2. The van der Waals surface area contributed by atoms with E-state index < -0.39 is 214 Å². The van der Waals surface area contributed by atoms with Crippen LogP contribution in [0, 0.1) is 17.8 Å². The molecule has 17 unspecified atom stereocenters. The molecule has 5 aromatic heterocycles. The maximum absolute atomic E-state index is 15.5. The fourth-order valence-electron chi connectivity index (χ4n) is 13.3. The van der Waals surface area contributed by atoms with E-state index in [9.17, 15) is 73.5 Å². The third-order valence-electron chi connectivity index (χ3n) is 20.7. The van der Waals surface area contributed by atoms with Gasteiger partial charge < -0.3 is 78.5 Å². The quantitative estimate of drug-likeness (QED) is 0.0594. The van der Waals surface area contributed by atoms with Crippen LogP contribution in [-0.2, 0) is 53.4 Å². The van der Waals surface area contributed by atoms with Gasteiger partial charge in [0.2, 0.25) is 23.6 Å². The van der Waals surface area contributed by atoms with E-state index in [4.69, 9.17) is 25.4 Å². The number of nitrogens with one attached hydrogen (secondary N) is 9. The van der Waals surface area contributed by atoms with Crippen LogP contribution in [0.5, 0.6) is 0 Å². The van der Waals surface area contributed by atoms with Crippen molar-refractivity contribution in [3.8, 4) is 0 Å². The Kier molecular flexibility index (Phi) is 28.7. The van der Waals surface area contributed by atoms with E-state index in [1.54, 1.807) is 26.0 Å². The number of carbonyl (C=O) groups is 13. The number of aliphatic hydroxyl groups is 5. The number of nitrogens with zero attached hydrogens (tertiary/aromatic N) is 7. The highest BCUT2D eigenvalue weighted by molar-refractivity contribution is 8.14. The molecule has 9 amide bonds. The number of amides is 9. The smallest absolute Gasteiger partial charge is 0.357 e. The number of carbonyl (C=O) groups excluding carboxylic acids is 13. The van der Waals surface area contributed by atoms with Gasteiger partial charge in [0.15, 0.2) is 17.3 Å². The zero-order valence-corrected chi connectivity index (χ0v) is 70.0. The van der Waals surface area contributed by atoms with E-state index in [1.165, 1.54) is 82.1 Å². The number of fused-ring (bicyclic) bond motifs is 7. The first-order chi connectivity index (χ1) is 55.6. The highest BCUT2D eigenvalue weighted by Crippen LogP contribution is 2.48. The summed E-state index contributed by atoms with van der Waals surface area (Å²) in [6.07, 6.45) is -3.57. The lowest BCUT2D eigenvalue weighted by Gasteiger charge is -2.41. The average Bonchev–Trinajstić information content (AvgIpc) is 1.48. The lowest BCUT2D eigenvalue weighted by Crippen LogP contribution is -2.54. The molecule has 0 saturated heterocycles. The van der Waals surface area contributed by atoms with Crippen molar-refractivity contribution >= 4 is 150 Å². The van der Waals surface area contributed by atoms with Gasteiger partial charge in [-0.05, 0) is 71.9 Å². The molecule has 0 saturated carbocycles. The van der Waals surface area contributed by atoms with Crippen LogP contribution in [-0.4, -0.2) is 192 Å². The normalized spacial score (nSPS) is 26.7. The van der Waals surface area contributed by atoms with E-state index in [2.05, 4.69) is 81.0 Å². The van der Waals surface area contributed by atoms with Crippen molar-refractivity contribution in [2.24, 2.45) is 33.5 Å². The molecule has 0 radical (unpaired) electrons. The molecule has 5 aliphatic rings. The number of nitrogens with two attached hydrogens (primary N) is 1. The Hall–Kier alpha value is -10.5. The van der Waals surface area contributed by atoms with Crippen LogP contribution in [0.15, 0.2) is 91.9 Å². The Balaban J connectivity index is 1.17. The number of esters is 1. The summed E-state index contributed by atoms with van der Waals surface area (Å²) < 4.78 is 6.29. The first kappa shape index (κ1) is 89.9. The predicted molar refractivity (Wildman–Crippen MR) is 435 cm³/mol. The minimum Gasteiger partial charge on any atom is -0.455 e. The number of Topliss-reactive ketones (excluding diaryl/α,β-unsaturated/α-hetero) is 3. The number of allylic oxidation sites excluding steroid dienone is 2. The molecule has 36 nitrogen and oxygen atoms in total. The van der Waals surface area contributed by atoms with Crippen LogP contribution in [0.25, 0.3) is 6.08 Å². The van der Waals surface area contributed by atoms with Crippen molar-refractivity contribution in [3.63, 3.8) is 0 Å². The van der Waals surface area contributed by atoms with Gasteiger partial charge in [0.05, 0.1) is 75.2 Å². The van der Waals surface area contributed by atoms with E-state index in [0.29, 0.717) is 6.42 Å². The van der Waals surface area contributed by atoms with Crippen molar-refractivity contribution in [3.05, 3.63) is 147 Å². The van der Waals surface area contributed by atoms with Crippen LogP contribution in [0.2, 0.25) is 0 Å². The molecule has 118 heavy (non-hydrogen) atoms. The molecule has 5 aromatic rings. The van der Waals surface area contributed by atoms with Gasteiger partial charge >= 0.3 is 5.97 Å². The molecule has 628 valence electrons. The fourth-order valence-corrected chi connectivity index (χ4v) is 18.3. The molecule has 41 heteroatoms. The number of rotatable bonds is 13. The molecule has 0 aromatic carbocycles. The van der Waals surface area contributed by atoms with Gasteiger partial charge in [-0.3, -0.25) is 72.8 Å². The fraction of sp³-hybridized carbons (Fsp3) is 0.455. The Labute approximate surface area is 696 Å². The zero-order valence-electron chi connectivity index (χ0n) is 65.9. The number of hydrogen-bond donors (Lipinski definition) is 15. The molecule has 13 bridgehead atoms. The van der Waals surface area contributed by atoms with Crippen molar-refractivity contribution in [2.75, 3.05) is 5.75 Å². The summed E-state index contributed by atoms with van der Waals surface area (Å²) in [4.78, 5) is 217. The van der Waals surface area contributed by atoms with Gasteiger partial charge in [-0.1, -0.05) is 65.5 Å². The lowest BCUT2D eigenvalue weighted by atomic mass is 9.80. The maximum atomic E-state index is 15.5. The zero-order chi connectivity index (χ0) is 86.4. The second-order valence-corrected chi connectivity index (χ2v) is 34.0. The lowest BCUT2D eigenvalue weighted by molar-refractivity contribution is -0.131. The topological polar surface area (TPSA) is 556 Å².